The van der Waals surface area contributed by atoms with Crippen molar-refractivity contribution in [3.63, 3.8) is 0 Å². The predicted octanol–water partition coefficient (Wildman–Crippen LogP) is 0.949. The smallest absolute Gasteiger partial charge is 0.408 e. The van der Waals surface area contributed by atoms with E-state index in [0.29, 0.717) is 29.2 Å². The average molecular weight is 263 g/mol. The molecule has 1 amide bonds. The third kappa shape index (κ3) is 2.96. The van der Waals surface area contributed by atoms with Crippen LogP contribution in [0.4, 0.5) is 5.69 Å². The number of amides is 1. The summed E-state index contributed by atoms with van der Waals surface area (Å²) in [7, 11) is 0. The summed E-state index contributed by atoms with van der Waals surface area (Å²) in [6, 6.07) is 4.91. The van der Waals surface area contributed by atoms with Crippen LogP contribution in [0.3, 0.4) is 0 Å². The zero-order valence-corrected chi connectivity index (χ0v) is 11.0. The molecule has 1 heterocycles. The summed E-state index contributed by atoms with van der Waals surface area (Å²) in [6.07, 6.45) is 0. The molecule has 2 aromatic rings. The molecule has 6 nitrogen and oxygen atoms in total. The van der Waals surface area contributed by atoms with Crippen LogP contribution in [0.25, 0.3) is 11.1 Å². The van der Waals surface area contributed by atoms with Crippen LogP contribution in [0.15, 0.2) is 27.4 Å². The maximum absolute atomic E-state index is 11.7. The highest BCUT2D eigenvalue weighted by molar-refractivity contribution is 5.81. The topological polar surface area (TPSA) is 90.3 Å². The maximum Gasteiger partial charge on any atom is 0.420 e. The van der Waals surface area contributed by atoms with Crippen LogP contribution < -0.4 is 16.8 Å². The zero-order valence-electron chi connectivity index (χ0n) is 11.0. The summed E-state index contributed by atoms with van der Waals surface area (Å²) < 4.78 is 6.35. The molecule has 0 unspecified atom stereocenters. The summed E-state index contributed by atoms with van der Waals surface area (Å²) in [5, 5.41) is 2.76. The molecule has 102 valence electrons. The highest BCUT2D eigenvalue weighted by Gasteiger charge is 2.12. The molecule has 1 aromatic carbocycles. The van der Waals surface area contributed by atoms with Gasteiger partial charge in [0.05, 0.1) is 5.52 Å². The van der Waals surface area contributed by atoms with E-state index in [-0.39, 0.29) is 12.5 Å². The number of carbonyl (C=O) groups excluding carboxylic acids is 1. The molecule has 0 fully saturated rings. The first-order valence-electron chi connectivity index (χ1n) is 6.13. The first-order valence-corrected chi connectivity index (χ1v) is 6.13. The second-order valence-corrected chi connectivity index (χ2v) is 4.88. The third-order valence-electron chi connectivity index (χ3n) is 2.70. The molecule has 2 rings (SSSR count). The summed E-state index contributed by atoms with van der Waals surface area (Å²) in [6.45, 7) is 4.53. The van der Waals surface area contributed by atoms with E-state index in [1.54, 1.807) is 18.2 Å². The van der Waals surface area contributed by atoms with E-state index in [2.05, 4.69) is 5.32 Å². The molecular formula is C13H17N3O3. The molecule has 6 heteroatoms. The molecule has 0 spiro atoms. The molecule has 0 saturated carbocycles. The number of nitrogens with one attached hydrogen (secondary N) is 1. The molecule has 0 aliphatic carbocycles. The second kappa shape index (κ2) is 5.17. The van der Waals surface area contributed by atoms with Gasteiger partial charge in [0.2, 0.25) is 5.91 Å². The van der Waals surface area contributed by atoms with E-state index in [9.17, 15) is 9.59 Å². The molecule has 0 saturated heterocycles. The number of anilines is 1. The van der Waals surface area contributed by atoms with Gasteiger partial charge in [0.1, 0.15) is 6.54 Å². The number of nitrogens with zero attached hydrogens (tertiary/aromatic N) is 1. The number of hydrogen-bond acceptors (Lipinski definition) is 4. The van der Waals surface area contributed by atoms with Crippen molar-refractivity contribution in [2.75, 3.05) is 12.3 Å². The molecule has 19 heavy (non-hydrogen) atoms. The zero-order chi connectivity index (χ0) is 14.0. The lowest BCUT2D eigenvalue weighted by atomic mass is 10.2. The van der Waals surface area contributed by atoms with Crippen molar-refractivity contribution in [1.29, 1.82) is 0 Å². The summed E-state index contributed by atoms with van der Waals surface area (Å²) in [5.74, 6) is -0.405. The van der Waals surface area contributed by atoms with Gasteiger partial charge in [-0.2, -0.15) is 0 Å². The SMILES string of the molecule is CC(C)CNC(=O)Cn1c(=O)oc2cc(N)ccc21. The van der Waals surface area contributed by atoms with Gasteiger partial charge in [0, 0.05) is 18.3 Å². The fraction of sp³-hybridized carbons (Fsp3) is 0.385. The highest BCUT2D eigenvalue weighted by Crippen LogP contribution is 2.15. The number of hydrogen-bond donors (Lipinski definition) is 2. The van der Waals surface area contributed by atoms with Crippen molar-refractivity contribution in [3.8, 4) is 0 Å². The fourth-order valence-corrected chi connectivity index (χ4v) is 1.75. The van der Waals surface area contributed by atoms with E-state index in [1.165, 1.54) is 4.57 Å². The minimum atomic E-state index is -0.555. The van der Waals surface area contributed by atoms with Crippen LogP contribution in [-0.4, -0.2) is 17.0 Å². The Hall–Kier alpha value is -2.24. The Kier molecular flexibility index (Phi) is 3.59. The molecule has 3 N–H and O–H groups in total. The number of fused-ring (bicyclic) bond motifs is 1. The van der Waals surface area contributed by atoms with Gasteiger partial charge in [0.15, 0.2) is 5.58 Å². The Bertz CT molecular complexity index is 655. The van der Waals surface area contributed by atoms with Crippen molar-refractivity contribution in [2.45, 2.75) is 20.4 Å². The number of benzene rings is 1. The van der Waals surface area contributed by atoms with Crippen molar-refractivity contribution >= 4 is 22.7 Å². The van der Waals surface area contributed by atoms with Crippen LogP contribution in [-0.2, 0) is 11.3 Å². The normalized spacial score (nSPS) is 11.1. The lowest BCUT2D eigenvalue weighted by molar-refractivity contribution is -0.121. The molecule has 0 aliphatic heterocycles. The maximum atomic E-state index is 11.7. The molecule has 0 bridgehead atoms. The number of rotatable bonds is 4. The van der Waals surface area contributed by atoms with E-state index in [0.717, 1.165) is 0 Å². The fourth-order valence-electron chi connectivity index (χ4n) is 1.75. The summed E-state index contributed by atoms with van der Waals surface area (Å²) >= 11 is 0. The van der Waals surface area contributed by atoms with Gasteiger partial charge in [-0.25, -0.2) is 4.79 Å². The number of carbonyl (C=O) groups is 1. The molecule has 1 aromatic heterocycles. The number of nitrogens with two attached hydrogens (primary N) is 1. The van der Waals surface area contributed by atoms with Gasteiger partial charge in [-0.15, -0.1) is 0 Å². The van der Waals surface area contributed by atoms with Crippen LogP contribution in [0, 0.1) is 5.92 Å². The molecule has 0 atom stereocenters. The first kappa shape index (κ1) is 13.2. The minimum Gasteiger partial charge on any atom is -0.408 e. The van der Waals surface area contributed by atoms with Crippen molar-refractivity contribution in [3.05, 3.63) is 28.7 Å². The van der Waals surface area contributed by atoms with E-state index in [1.807, 2.05) is 13.8 Å². The third-order valence-corrected chi connectivity index (χ3v) is 2.70. The van der Waals surface area contributed by atoms with Gasteiger partial charge in [-0.3, -0.25) is 9.36 Å². The Morgan fingerprint density at radius 2 is 2.21 bits per heavy atom. The second-order valence-electron chi connectivity index (χ2n) is 4.88. The van der Waals surface area contributed by atoms with Crippen molar-refractivity contribution < 1.29 is 9.21 Å². The monoisotopic (exact) mass is 263 g/mol. The summed E-state index contributed by atoms with van der Waals surface area (Å²) in [4.78, 5) is 23.4. The van der Waals surface area contributed by atoms with E-state index in [4.69, 9.17) is 10.2 Å². The highest BCUT2D eigenvalue weighted by atomic mass is 16.4. The van der Waals surface area contributed by atoms with Crippen LogP contribution in [0.5, 0.6) is 0 Å². The van der Waals surface area contributed by atoms with Crippen molar-refractivity contribution in [2.24, 2.45) is 5.92 Å². The van der Waals surface area contributed by atoms with Gasteiger partial charge in [-0.05, 0) is 18.1 Å². The van der Waals surface area contributed by atoms with Gasteiger partial charge in [0.25, 0.3) is 0 Å². The predicted molar refractivity (Wildman–Crippen MR) is 72.7 cm³/mol. The standard InChI is InChI=1S/C13H17N3O3/c1-8(2)6-15-12(17)7-16-10-4-3-9(14)5-11(10)19-13(16)18/h3-5,8H,6-7,14H2,1-2H3,(H,15,17). The summed E-state index contributed by atoms with van der Waals surface area (Å²) in [5.41, 5.74) is 7.09. The lowest BCUT2D eigenvalue weighted by Crippen LogP contribution is -2.33. The lowest BCUT2D eigenvalue weighted by Gasteiger charge is -2.07. The van der Waals surface area contributed by atoms with Crippen LogP contribution in [0.1, 0.15) is 13.8 Å². The Labute approximate surface area is 110 Å². The molecule has 0 aliphatic rings. The quantitative estimate of drug-likeness (QED) is 0.803. The number of aromatic nitrogens is 1. The van der Waals surface area contributed by atoms with Gasteiger partial charge >= 0.3 is 5.76 Å². The van der Waals surface area contributed by atoms with Crippen molar-refractivity contribution in [1.82, 2.24) is 9.88 Å². The van der Waals surface area contributed by atoms with E-state index < -0.39 is 5.76 Å². The van der Waals surface area contributed by atoms with Gasteiger partial charge < -0.3 is 15.5 Å². The van der Waals surface area contributed by atoms with E-state index >= 15 is 0 Å². The minimum absolute atomic E-state index is 0.0531. The average Bonchev–Trinajstić information content (AvgIpc) is 2.62. The Morgan fingerprint density at radius 1 is 1.47 bits per heavy atom. The van der Waals surface area contributed by atoms with Gasteiger partial charge in [-0.1, -0.05) is 13.8 Å². The Balaban J connectivity index is 2.23. The number of oxazole rings is 1. The largest absolute Gasteiger partial charge is 0.420 e. The van der Waals surface area contributed by atoms with Crippen LogP contribution in [0.2, 0.25) is 0 Å². The Morgan fingerprint density at radius 3 is 2.89 bits per heavy atom. The molecular weight excluding hydrogens is 246 g/mol. The molecule has 0 radical (unpaired) electrons. The number of nitrogen functional groups attached to an aromatic ring is 1. The first-order chi connectivity index (χ1) is 8.97. The van der Waals surface area contributed by atoms with Crippen LogP contribution >= 0.6 is 0 Å².